The van der Waals surface area contributed by atoms with Crippen LogP contribution in [0.3, 0.4) is 0 Å². The van der Waals surface area contributed by atoms with Crippen molar-refractivity contribution in [2.45, 2.75) is 10.8 Å². The molecule has 0 unspecified atom stereocenters. The Balaban J connectivity index is 1.80. The van der Waals surface area contributed by atoms with E-state index in [1.54, 1.807) is 24.0 Å². The molecule has 2 aromatic heterocycles. The highest BCUT2D eigenvalue weighted by Gasteiger charge is 2.10. The van der Waals surface area contributed by atoms with E-state index in [0.717, 1.165) is 21.7 Å². The molecule has 0 saturated heterocycles. The molecule has 2 heterocycles. The van der Waals surface area contributed by atoms with Crippen LogP contribution in [0.5, 0.6) is 0 Å². The number of furan rings is 1. The number of benzene rings is 1. The Morgan fingerprint density at radius 1 is 1.30 bits per heavy atom. The number of fused-ring (bicyclic) bond motifs is 1. The number of nitrogens with zero attached hydrogens (tertiary/aromatic N) is 2. The summed E-state index contributed by atoms with van der Waals surface area (Å²) < 4.78 is 5.22. The Kier molecular flexibility index (Phi) is 3.39. The number of carboxylic acids is 1. The van der Waals surface area contributed by atoms with Crippen molar-refractivity contribution in [2.24, 2.45) is 0 Å². The minimum absolute atomic E-state index is 0.0411. The third-order valence-electron chi connectivity index (χ3n) is 2.73. The van der Waals surface area contributed by atoms with E-state index in [9.17, 15) is 4.79 Å². The van der Waals surface area contributed by atoms with Gasteiger partial charge in [0.1, 0.15) is 11.9 Å². The fourth-order valence-corrected chi connectivity index (χ4v) is 2.58. The molecule has 100 valence electrons. The molecule has 0 aliphatic heterocycles. The standard InChI is InChI=1S/C14H10N2O3S/c17-14(18)12-6-10-5-9(1-2-11(10)19-12)7-20-13-3-4-15-8-16-13/h1-6,8H,7H2,(H,17,18). The third-order valence-corrected chi connectivity index (χ3v) is 3.75. The summed E-state index contributed by atoms with van der Waals surface area (Å²) in [5, 5.41) is 10.6. The zero-order chi connectivity index (χ0) is 13.9. The molecule has 0 saturated carbocycles. The summed E-state index contributed by atoms with van der Waals surface area (Å²) in [5.41, 5.74) is 1.66. The van der Waals surface area contributed by atoms with Crippen molar-refractivity contribution < 1.29 is 14.3 Å². The number of thioether (sulfide) groups is 1. The van der Waals surface area contributed by atoms with Crippen LogP contribution in [0, 0.1) is 0 Å². The molecule has 0 radical (unpaired) electrons. The van der Waals surface area contributed by atoms with Gasteiger partial charge in [-0.1, -0.05) is 6.07 Å². The summed E-state index contributed by atoms with van der Waals surface area (Å²) in [7, 11) is 0. The molecular weight excluding hydrogens is 276 g/mol. The van der Waals surface area contributed by atoms with Crippen LogP contribution in [-0.4, -0.2) is 21.0 Å². The maximum Gasteiger partial charge on any atom is 0.371 e. The zero-order valence-corrected chi connectivity index (χ0v) is 11.1. The first-order valence-electron chi connectivity index (χ1n) is 5.87. The van der Waals surface area contributed by atoms with Gasteiger partial charge in [-0.15, -0.1) is 11.8 Å². The average molecular weight is 286 g/mol. The van der Waals surface area contributed by atoms with E-state index in [2.05, 4.69) is 9.97 Å². The molecule has 0 aliphatic rings. The smallest absolute Gasteiger partial charge is 0.371 e. The monoisotopic (exact) mass is 286 g/mol. The van der Waals surface area contributed by atoms with Crippen molar-refractivity contribution >= 4 is 28.7 Å². The van der Waals surface area contributed by atoms with Crippen molar-refractivity contribution in [3.63, 3.8) is 0 Å². The molecule has 20 heavy (non-hydrogen) atoms. The fourth-order valence-electron chi connectivity index (χ4n) is 1.81. The Bertz CT molecular complexity index is 755. The summed E-state index contributed by atoms with van der Waals surface area (Å²) in [6.07, 6.45) is 3.22. The molecule has 6 heteroatoms. The lowest BCUT2D eigenvalue weighted by Crippen LogP contribution is -1.91. The van der Waals surface area contributed by atoms with Crippen LogP contribution in [0.1, 0.15) is 16.1 Å². The molecule has 0 amide bonds. The number of rotatable bonds is 4. The van der Waals surface area contributed by atoms with E-state index in [1.165, 1.54) is 12.4 Å². The molecule has 0 bridgehead atoms. The highest BCUT2D eigenvalue weighted by molar-refractivity contribution is 7.98. The van der Waals surface area contributed by atoms with Crippen molar-refractivity contribution in [1.29, 1.82) is 0 Å². The van der Waals surface area contributed by atoms with Crippen molar-refractivity contribution in [3.05, 3.63) is 54.2 Å². The van der Waals surface area contributed by atoms with Gasteiger partial charge in [-0.3, -0.25) is 0 Å². The van der Waals surface area contributed by atoms with Crippen LogP contribution >= 0.6 is 11.8 Å². The van der Waals surface area contributed by atoms with Crippen LogP contribution in [-0.2, 0) is 5.75 Å². The van der Waals surface area contributed by atoms with E-state index >= 15 is 0 Å². The third kappa shape index (κ3) is 2.65. The van der Waals surface area contributed by atoms with Gasteiger partial charge in [0.05, 0.1) is 5.03 Å². The van der Waals surface area contributed by atoms with Crippen LogP contribution in [0.25, 0.3) is 11.0 Å². The first-order valence-corrected chi connectivity index (χ1v) is 6.85. The zero-order valence-electron chi connectivity index (χ0n) is 10.3. The summed E-state index contributed by atoms with van der Waals surface area (Å²) in [6, 6.07) is 9.03. The van der Waals surface area contributed by atoms with Crippen LogP contribution in [0.4, 0.5) is 0 Å². The second kappa shape index (κ2) is 5.34. The SMILES string of the molecule is O=C(O)c1cc2cc(CSc3ccncn3)ccc2o1. The highest BCUT2D eigenvalue weighted by Crippen LogP contribution is 2.25. The Morgan fingerprint density at radius 3 is 2.95 bits per heavy atom. The van der Waals surface area contributed by atoms with E-state index in [4.69, 9.17) is 9.52 Å². The molecule has 3 rings (SSSR count). The quantitative estimate of drug-likeness (QED) is 0.586. The summed E-state index contributed by atoms with van der Waals surface area (Å²) >= 11 is 1.60. The number of carboxylic acid groups (broad SMARTS) is 1. The van der Waals surface area contributed by atoms with E-state index < -0.39 is 5.97 Å². The van der Waals surface area contributed by atoms with Gasteiger partial charge in [-0.25, -0.2) is 14.8 Å². The molecule has 1 N–H and O–H groups in total. The van der Waals surface area contributed by atoms with E-state index in [0.29, 0.717) is 5.58 Å². The summed E-state index contributed by atoms with van der Waals surface area (Å²) in [6.45, 7) is 0. The van der Waals surface area contributed by atoms with E-state index in [-0.39, 0.29) is 5.76 Å². The second-order valence-electron chi connectivity index (χ2n) is 4.12. The van der Waals surface area contributed by atoms with Gasteiger partial charge in [0.15, 0.2) is 0 Å². The first kappa shape index (κ1) is 12.7. The van der Waals surface area contributed by atoms with Gasteiger partial charge >= 0.3 is 5.97 Å². The van der Waals surface area contributed by atoms with Crippen LogP contribution < -0.4 is 0 Å². The van der Waals surface area contributed by atoms with Gasteiger partial charge in [0, 0.05) is 17.3 Å². The molecule has 0 aliphatic carbocycles. The number of aromatic carboxylic acids is 1. The minimum atomic E-state index is -1.06. The second-order valence-corrected chi connectivity index (χ2v) is 5.12. The minimum Gasteiger partial charge on any atom is -0.475 e. The van der Waals surface area contributed by atoms with E-state index in [1.807, 2.05) is 18.2 Å². The van der Waals surface area contributed by atoms with Crippen molar-refractivity contribution in [1.82, 2.24) is 9.97 Å². The largest absolute Gasteiger partial charge is 0.475 e. The van der Waals surface area contributed by atoms with Gasteiger partial charge in [-0.2, -0.15) is 0 Å². The Morgan fingerprint density at radius 2 is 2.20 bits per heavy atom. The maximum atomic E-state index is 10.9. The molecule has 1 aromatic carbocycles. The lowest BCUT2D eigenvalue weighted by molar-refractivity contribution is 0.0665. The van der Waals surface area contributed by atoms with Crippen LogP contribution in [0.15, 0.2) is 52.3 Å². The van der Waals surface area contributed by atoms with Crippen molar-refractivity contribution in [2.75, 3.05) is 0 Å². The number of hydrogen-bond donors (Lipinski definition) is 1. The summed E-state index contributed by atoms with van der Waals surface area (Å²) in [5.74, 6) is -0.348. The number of carbonyl (C=O) groups is 1. The molecule has 5 nitrogen and oxygen atoms in total. The Hall–Kier alpha value is -2.34. The fraction of sp³-hybridized carbons (Fsp3) is 0.0714. The topological polar surface area (TPSA) is 76.2 Å². The molecule has 0 atom stereocenters. The predicted molar refractivity (Wildman–Crippen MR) is 74.8 cm³/mol. The molecule has 0 fully saturated rings. The van der Waals surface area contributed by atoms with Crippen LogP contribution in [0.2, 0.25) is 0 Å². The van der Waals surface area contributed by atoms with Crippen molar-refractivity contribution in [3.8, 4) is 0 Å². The average Bonchev–Trinajstić information content (AvgIpc) is 2.89. The molecular formula is C14H10N2O3S. The lowest BCUT2D eigenvalue weighted by atomic mass is 10.2. The van der Waals surface area contributed by atoms with Gasteiger partial charge in [-0.05, 0) is 29.8 Å². The Labute approximate surface area is 118 Å². The lowest BCUT2D eigenvalue weighted by Gasteiger charge is -2.00. The summed E-state index contributed by atoms with van der Waals surface area (Å²) in [4.78, 5) is 18.9. The molecule has 0 spiro atoms. The normalized spacial score (nSPS) is 10.8. The van der Waals surface area contributed by atoms with Gasteiger partial charge in [0.25, 0.3) is 0 Å². The predicted octanol–water partition coefficient (Wildman–Crippen LogP) is 3.21. The van der Waals surface area contributed by atoms with Gasteiger partial charge < -0.3 is 9.52 Å². The number of aromatic nitrogens is 2. The maximum absolute atomic E-state index is 10.9. The first-order chi connectivity index (χ1) is 9.72. The van der Waals surface area contributed by atoms with Gasteiger partial charge in [0.2, 0.25) is 5.76 Å². The molecule has 3 aromatic rings. The highest BCUT2D eigenvalue weighted by atomic mass is 32.2. The number of hydrogen-bond acceptors (Lipinski definition) is 5.